The first-order chi connectivity index (χ1) is 5.07. The molecule has 0 atom stereocenters. The van der Waals surface area contributed by atoms with Crippen molar-refractivity contribution in [1.29, 1.82) is 0 Å². The zero-order valence-electron chi connectivity index (χ0n) is 7.72. The summed E-state index contributed by atoms with van der Waals surface area (Å²) in [6, 6.07) is 0. The van der Waals surface area contributed by atoms with Crippen LogP contribution in [0.25, 0.3) is 0 Å². The van der Waals surface area contributed by atoms with Gasteiger partial charge in [-0.3, -0.25) is 4.79 Å². The minimum atomic E-state index is 0.129. The van der Waals surface area contributed by atoms with Crippen molar-refractivity contribution in [2.24, 2.45) is 5.92 Å². The summed E-state index contributed by atoms with van der Waals surface area (Å²) in [5.41, 5.74) is 0.790. The van der Waals surface area contributed by atoms with Crippen molar-refractivity contribution in [3.8, 4) is 0 Å². The van der Waals surface area contributed by atoms with Crippen LogP contribution in [0.2, 0.25) is 0 Å². The maximum absolute atomic E-state index is 10.9. The van der Waals surface area contributed by atoms with E-state index in [4.69, 9.17) is 0 Å². The smallest absolute Gasteiger partial charge is 0.159 e. The van der Waals surface area contributed by atoms with E-state index in [1.807, 2.05) is 25.2 Å². The number of rotatable bonds is 3. The quantitative estimate of drug-likeness (QED) is 0.449. The highest BCUT2D eigenvalue weighted by atomic mass is 16.1. The van der Waals surface area contributed by atoms with Gasteiger partial charge in [0.05, 0.1) is 0 Å². The molecular formula is C10H16O. The Labute approximate surface area is 68.8 Å². The van der Waals surface area contributed by atoms with Crippen LogP contribution in [0.4, 0.5) is 0 Å². The Bertz CT molecular complexity index is 185. The number of carbonyl (C=O) groups is 1. The largest absolute Gasteiger partial charge is 0.295 e. The molecule has 0 rings (SSSR count). The molecule has 0 saturated carbocycles. The zero-order chi connectivity index (χ0) is 8.85. The first-order valence-electron chi connectivity index (χ1n) is 3.93. The first-order valence-corrected chi connectivity index (χ1v) is 3.93. The minimum absolute atomic E-state index is 0.129. The second kappa shape index (κ2) is 4.89. The Morgan fingerprint density at radius 1 is 1.36 bits per heavy atom. The highest BCUT2D eigenvalue weighted by Crippen LogP contribution is 2.02. The van der Waals surface area contributed by atoms with Gasteiger partial charge in [0.2, 0.25) is 0 Å². The number of Topliss-reactive ketones (excluding diaryl/α,β-unsaturated/α-hetero) is 1. The van der Waals surface area contributed by atoms with E-state index in [2.05, 4.69) is 13.8 Å². The molecule has 0 unspecified atom stereocenters. The summed E-state index contributed by atoms with van der Waals surface area (Å²) in [6.45, 7) is 7.63. The van der Waals surface area contributed by atoms with Crippen molar-refractivity contribution in [3.05, 3.63) is 23.8 Å². The van der Waals surface area contributed by atoms with Crippen LogP contribution in [0.1, 0.15) is 27.7 Å². The molecule has 0 aliphatic heterocycles. The van der Waals surface area contributed by atoms with Gasteiger partial charge >= 0.3 is 0 Å². The number of hydrogen-bond acceptors (Lipinski definition) is 1. The Hall–Kier alpha value is -0.850. The minimum Gasteiger partial charge on any atom is -0.295 e. The van der Waals surface area contributed by atoms with Gasteiger partial charge in [-0.2, -0.15) is 0 Å². The summed E-state index contributed by atoms with van der Waals surface area (Å²) in [5, 5.41) is 0. The number of allylic oxidation sites excluding steroid dienone is 4. The highest BCUT2D eigenvalue weighted by Gasteiger charge is 1.96. The summed E-state index contributed by atoms with van der Waals surface area (Å²) in [5.74, 6) is 0.633. The maximum Gasteiger partial charge on any atom is 0.159 e. The molecule has 0 spiro atoms. The van der Waals surface area contributed by atoms with Crippen LogP contribution in [0, 0.1) is 5.92 Å². The van der Waals surface area contributed by atoms with Crippen LogP contribution in [-0.4, -0.2) is 5.78 Å². The lowest BCUT2D eigenvalue weighted by Gasteiger charge is -1.95. The zero-order valence-corrected chi connectivity index (χ0v) is 7.72. The van der Waals surface area contributed by atoms with Crippen molar-refractivity contribution in [2.75, 3.05) is 0 Å². The van der Waals surface area contributed by atoms with Gasteiger partial charge in [-0.25, -0.2) is 0 Å². The molecule has 0 heterocycles. The highest BCUT2D eigenvalue weighted by molar-refractivity contribution is 5.95. The lowest BCUT2D eigenvalue weighted by molar-refractivity contribution is -0.113. The molecule has 1 nitrogen and oxygen atoms in total. The third-order valence-electron chi connectivity index (χ3n) is 1.38. The molecule has 11 heavy (non-hydrogen) atoms. The van der Waals surface area contributed by atoms with Crippen molar-refractivity contribution in [1.82, 2.24) is 0 Å². The topological polar surface area (TPSA) is 17.1 Å². The summed E-state index contributed by atoms with van der Waals surface area (Å²) < 4.78 is 0. The summed E-state index contributed by atoms with van der Waals surface area (Å²) in [6.07, 6.45) is 5.74. The standard InChI is InChI=1S/C10H16O/c1-5-10(9(4)11)7-6-8(2)3/h5-8H,1-4H3/b7-6+,10-5+. The fraction of sp³-hybridized carbons (Fsp3) is 0.500. The van der Waals surface area contributed by atoms with Gasteiger partial charge in [-0.1, -0.05) is 32.1 Å². The van der Waals surface area contributed by atoms with E-state index >= 15 is 0 Å². The van der Waals surface area contributed by atoms with Gasteiger partial charge in [0.15, 0.2) is 5.78 Å². The van der Waals surface area contributed by atoms with Gasteiger partial charge in [-0.05, 0) is 19.8 Å². The molecule has 0 aliphatic carbocycles. The molecule has 0 aromatic rings. The second-order valence-corrected chi connectivity index (χ2v) is 2.90. The fourth-order valence-corrected chi connectivity index (χ4v) is 0.713. The predicted molar refractivity (Wildman–Crippen MR) is 48.4 cm³/mol. The van der Waals surface area contributed by atoms with E-state index in [9.17, 15) is 4.79 Å². The average molecular weight is 152 g/mol. The number of ketones is 1. The van der Waals surface area contributed by atoms with Crippen LogP contribution >= 0.6 is 0 Å². The van der Waals surface area contributed by atoms with E-state index in [-0.39, 0.29) is 5.78 Å². The predicted octanol–water partition coefficient (Wildman–Crippen LogP) is 2.73. The van der Waals surface area contributed by atoms with Crippen molar-refractivity contribution < 1.29 is 4.79 Å². The van der Waals surface area contributed by atoms with Gasteiger partial charge in [-0.15, -0.1) is 0 Å². The van der Waals surface area contributed by atoms with Crippen LogP contribution < -0.4 is 0 Å². The molecule has 0 N–H and O–H groups in total. The Morgan fingerprint density at radius 3 is 2.18 bits per heavy atom. The van der Waals surface area contributed by atoms with Gasteiger partial charge in [0.1, 0.15) is 0 Å². The third-order valence-corrected chi connectivity index (χ3v) is 1.38. The molecule has 1 heteroatoms. The Kier molecular flexibility index (Phi) is 4.51. The van der Waals surface area contributed by atoms with Crippen LogP contribution in [0.5, 0.6) is 0 Å². The van der Waals surface area contributed by atoms with E-state index in [1.165, 1.54) is 0 Å². The molecule has 0 bridgehead atoms. The van der Waals surface area contributed by atoms with Crippen LogP contribution in [-0.2, 0) is 4.79 Å². The Morgan fingerprint density at radius 2 is 1.91 bits per heavy atom. The summed E-state index contributed by atoms with van der Waals surface area (Å²) in [4.78, 5) is 10.9. The van der Waals surface area contributed by atoms with E-state index in [0.717, 1.165) is 5.57 Å². The molecule has 0 aliphatic rings. The monoisotopic (exact) mass is 152 g/mol. The maximum atomic E-state index is 10.9. The summed E-state index contributed by atoms with van der Waals surface area (Å²) in [7, 11) is 0. The molecule has 0 aromatic carbocycles. The molecule has 0 fully saturated rings. The molecule has 0 radical (unpaired) electrons. The normalized spacial score (nSPS) is 13.0. The molecular weight excluding hydrogens is 136 g/mol. The second-order valence-electron chi connectivity index (χ2n) is 2.90. The van der Waals surface area contributed by atoms with Crippen molar-refractivity contribution >= 4 is 5.78 Å². The van der Waals surface area contributed by atoms with Crippen LogP contribution in [0.3, 0.4) is 0 Å². The van der Waals surface area contributed by atoms with E-state index in [0.29, 0.717) is 5.92 Å². The lowest BCUT2D eigenvalue weighted by atomic mass is 10.1. The van der Waals surface area contributed by atoms with Gasteiger partial charge < -0.3 is 0 Å². The average Bonchev–Trinajstić information content (AvgIpc) is 1.87. The molecule has 0 amide bonds. The first kappa shape index (κ1) is 10.2. The number of carbonyl (C=O) groups excluding carboxylic acids is 1. The lowest BCUT2D eigenvalue weighted by Crippen LogP contribution is -1.92. The SMILES string of the molecule is C/C=C(\C=C\C(C)C)C(C)=O. The van der Waals surface area contributed by atoms with E-state index < -0.39 is 0 Å². The molecule has 62 valence electrons. The third kappa shape index (κ3) is 4.54. The van der Waals surface area contributed by atoms with Crippen molar-refractivity contribution in [3.63, 3.8) is 0 Å². The number of hydrogen-bond donors (Lipinski definition) is 0. The molecule has 0 saturated heterocycles. The van der Waals surface area contributed by atoms with Gasteiger partial charge in [0.25, 0.3) is 0 Å². The Balaban J connectivity index is 4.22. The van der Waals surface area contributed by atoms with Crippen molar-refractivity contribution in [2.45, 2.75) is 27.7 Å². The fourth-order valence-electron chi connectivity index (χ4n) is 0.713. The van der Waals surface area contributed by atoms with Gasteiger partial charge in [0, 0.05) is 5.57 Å². The van der Waals surface area contributed by atoms with E-state index in [1.54, 1.807) is 6.92 Å². The summed E-state index contributed by atoms with van der Waals surface area (Å²) >= 11 is 0. The van der Waals surface area contributed by atoms with Crippen LogP contribution in [0.15, 0.2) is 23.8 Å². The molecule has 0 aromatic heterocycles.